The van der Waals surface area contributed by atoms with Gasteiger partial charge < -0.3 is 26.2 Å². The van der Waals surface area contributed by atoms with Crippen molar-refractivity contribution in [3.63, 3.8) is 0 Å². The Kier molecular flexibility index (Phi) is 7.65. The molecule has 0 aromatic heterocycles. The maximum absolute atomic E-state index is 12.4. The smallest absolute Gasteiger partial charge is 0.407 e. The number of alkyl carbamates (subject to hydrolysis) is 1. The summed E-state index contributed by atoms with van der Waals surface area (Å²) in [5, 5.41) is 15.3. The molecule has 2 aromatic carbocycles. The Balaban J connectivity index is 1.56. The lowest BCUT2D eigenvalue weighted by Gasteiger charge is -2.22. The van der Waals surface area contributed by atoms with E-state index in [1.807, 2.05) is 38.1 Å². The number of amides is 2. The fraction of sp³-hybridized carbons (Fsp3) is 0.417. The van der Waals surface area contributed by atoms with Gasteiger partial charge in [0.25, 0.3) is 0 Å². The molecule has 2 amide bonds. The number of ether oxygens (including phenoxy) is 1. The minimum atomic E-state index is -0.609. The molecule has 7 heteroatoms. The topological polar surface area (TPSA) is 114 Å². The lowest BCUT2D eigenvalue weighted by Crippen LogP contribution is -2.50. The first-order valence-electron chi connectivity index (χ1n) is 10.7. The van der Waals surface area contributed by atoms with Crippen molar-refractivity contribution < 1.29 is 19.4 Å². The van der Waals surface area contributed by atoms with E-state index in [0.29, 0.717) is 6.42 Å². The quantitative estimate of drug-likeness (QED) is 0.467. The van der Waals surface area contributed by atoms with Gasteiger partial charge in [-0.2, -0.15) is 0 Å². The van der Waals surface area contributed by atoms with Gasteiger partial charge in [-0.3, -0.25) is 4.79 Å². The van der Waals surface area contributed by atoms with Crippen LogP contribution in [0.15, 0.2) is 48.5 Å². The maximum Gasteiger partial charge on any atom is 0.407 e. The summed E-state index contributed by atoms with van der Waals surface area (Å²) in [7, 11) is 0. The Morgan fingerprint density at radius 3 is 2.16 bits per heavy atom. The molecule has 5 N–H and O–H groups in total. The van der Waals surface area contributed by atoms with Crippen LogP contribution in [0.2, 0.25) is 0 Å². The summed E-state index contributed by atoms with van der Waals surface area (Å²) in [6.45, 7) is 4.11. The van der Waals surface area contributed by atoms with Crippen molar-refractivity contribution in [2.45, 2.75) is 38.3 Å². The number of aliphatic hydroxyl groups is 1. The van der Waals surface area contributed by atoms with Crippen molar-refractivity contribution in [2.75, 3.05) is 19.8 Å². The number of carbonyl (C=O) groups excluding carboxylic acids is 2. The van der Waals surface area contributed by atoms with Crippen molar-refractivity contribution in [1.82, 2.24) is 10.6 Å². The predicted octanol–water partition coefficient (Wildman–Crippen LogP) is 2.38. The van der Waals surface area contributed by atoms with E-state index in [9.17, 15) is 14.7 Å². The van der Waals surface area contributed by atoms with E-state index in [1.165, 1.54) is 0 Å². The number of carbonyl (C=O) groups is 2. The third-order valence-corrected chi connectivity index (χ3v) is 5.55. The summed E-state index contributed by atoms with van der Waals surface area (Å²) in [5.74, 6) is -0.201. The molecule has 2 aromatic rings. The molecule has 0 heterocycles. The summed E-state index contributed by atoms with van der Waals surface area (Å²) in [6, 6.07) is 15.1. The van der Waals surface area contributed by atoms with Crippen molar-refractivity contribution in [3.8, 4) is 11.1 Å². The van der Waals surface area contributed by atoms with Gasteiger partial charge in [0.1, 0.15) is 6.61 Å². The van der Waals surface area contributed by atoms with E-state index in [2.05, 4.69) is 34.9 Å². The molecule has 1 aliphatic carbocycles. The highest BCUT2D eigenvalue weighted by Crippen LogP contribution is 2.44. The Bertz CT molecular complexity index is 870. The monoisotopic (exact) mass is 425 g/mol. The highest BCUT2D eigenvalue weighted by atomic mass is 16.5. The second kappa shape index (κ2) is 10.4. The fourth-order valence-electron chi connectivity index (χ4n) is 4.02. The Labute approximate surface area is 183 Å². The van der Waals surface area contributed by atoms with Crippen LogP contribution in [0.5, 0.6) is 0 Å². The van der Waals surface area contributed by atoms with Gasteiger partial charge in [0.15, 0.2) is 0 Å². The highest BCUT2D eigenvalue weighted by Gasteiger charge is 2.29. The first-order chi connectivity index (χ1) is 14.9. The van der Waals surface area contributed by atoms with Crippen LogP contribution < -0.4 is 16.4 Å². The van der Waals surface area contributed by atoms with E-state index in [-0.39, 0.29) is 31.6 Å². The molecule has 0 aliphatic heterocycles. The van der Waals surface area contributed by atoms with Crippen LogP contribution in [-0.4, -0.2) is 48.9 Å². The van der Waals surface area contributed by atoms with Crippen LogP contribution in [0, 0.1) is 5.92 Å². The largest absolute Gasteiger partial charge is 0.449 e. The molecule has 0 fully saturated rings. The van der Waals surface area contributed by atoms with Gasteiger partial charge in [-0.05, 0) is 34.6 Å². The number of fused-ring (bicyclic) bond motifs is 3. The van der Waals surface area contributed by atoms with Crippen LogP contribution in [0.3, 0.4) is 0 Å². The molecule has 166 valence electrons. The van der Waals surface area contributed by atoms with Crippen molar-refractivity contribution in [2.24, 2.45) is 11.7 Å². The van der Waals surface area contributed by atoms with E-state index in [4.69, 9.17) is 10.5 Å². The molecular formula is C24H31N3O4. The van der Waals surface area contributed by atoms with E-state index in [0.717, 1.165) is 22.3 Å². The summed E-state index contributed by atoms with van der Waals surface area (Å²) in [6.07, 6.45) is -0.0273. The zero-order valence-electron chi connectivity index (χ0n) is 18.0. The van der Waals surface area contributed by atoms with Crippen LogP contribution >= 0.6 is 0 Å². The van der Waals surface area contributed by atoms with Gasteiger partial charge in [-0.15, -0.1) is 0 Å². The normalized spacial score (nSPS) is 14.6. The minimum Gasteiger partial charge on any atom is -0.449 e. The first kappa shape index (κ1) is 22.8. The molecule has 0 spiro atoms. The van der Waals surface area contributed by atoms with E-state index >= 15 is 0 Å². The molecule has 31 heavy (non-hydrogen) atoms. The highest BCUT2D eigenvalue weighted by molar-refractivity contribution is 5.80. The third kappa shape index (κ3) is 5.62. The average molecular weight is 426 g/mol. The van der Waals surface area contributed by atoms with Gasteiger partial charge in [-0.1, -0.05) is 62.4 Å². The van der Waals surface area contributed by atoms with E-state index in [1.54, 1.807) is 0 Å². The SMILES string of the molecule is CC(C)C[C@H](NC[C@H](CO)NC(=O)OCC1c2ccccc2-c2ccccc21)C(N)=O. The number of primary amides is 1. The number of hydrogen-bond donors (Lipinski definition) is 4. The van der Waals surface area contributed by atoms with Crippen LogP contribution in [0.4, 0.5) is 4.79 Å². The molecule has 0 saturated heterocycles. The molecule has 3 rings (SSSR count). The second-order valence-corrected chi connectivity index (χ2v) is 8.34. The van der Waals surface area contributed by atoms with Gasteiger partial charge in [0, 0.05) is 12.5 Å². The first-order valence-corrected chi connectivity index (χ1v) is 10.7. The Morgan fingerprint density at radius 1 is 1.06 bits per heavy atom. The number of rotatable bonds is 10. The maximum atomic E-state index is 12.4. The summed E-state index contributed by atoms with van der Waals surface area (Å²) in [5.41, 5.74) is 10.0. The number of hydrogen-bond acceptors (Lipinski definition) is 5. The minimum absolute atomic E-state index is 0.0332. The average Bonchev–Trinajstić information content (AvgIpc) is 3.07. The number of nitrogens with two attached hydrogens (primary N) is 1. The Morgan fingerprint density at radius 2 is 1.65 bits per heavy atom. The lowest BCUT2D eigenvalue weighted by atomic mass is 9.98. The molecule has 7 nitrogen and oxygen atoms in total. The number of aliphatic hydroxyl groups excluding tert-OH is 1. The number of benzene rings is 2. The summed E-state index contributed by atoms with van der Waals surface area (Å²) in [4.78, 5) is 24.0. The van der Waals surface area contributed by atoms with Gasteiger partial charge >= 0.3 is 6.09 Å². The summed E-state index contributed by atoms with van der Waals surface area (Å²) < 4.78 is 5.51. The lowest BCUT2D eigenvalue weighted by molar-refractivity contribution is -0.120. The van der Waals surface area contributed by atoms with Gasteiger partial charge in [0.2, 0.25) is 5.91 Å². The van der Waals surface area contributed by atoms with Gasteiger partial charge in [-0.25, -0.2) is 4.79 Å². The third-order valence-electron chi connectivity index (χ3n) is 5.55. The number of nitrogens with one attached hydrogen (secondary N) is 2. The van der Waals surface area contributed by atoms with Crippen LogP contribution in [-0.2, 0) is 9.53 Å². The fourth-order valence-corrected chi connectivity index (χ4v) is 4.02. The Hall–Kier alpha value is -2.90. The van der Waals surface area contributed by atoms with Crippen molar-refractivity contribution in [1.29, 1.82) is 0 Å². The molecule has 0 saturated carbocycles. The second-order valence-electron chi connectivity index (χ2n) is 8.34. The predicted molar refractivity (Wildman–Crippen MR) is 120 cm³/mol. The van der Waals surface area contributed by atoms with Crippen LogP contribution in [0.1, 0.15) is 37.3 Å². The van der Waals surface area contributed by atoms with Crippen molar-refractivity contribution in [3.05, 3.63) is 59.7 Å². The zero-order valence-corrected chi connectivity index (χ0v) is 18.0. The molecular weight excluding hydrogens is 394 g/mol. The standard InChI is InChI=1S/C24H31N3O4/c1-15(2)11-22(23(25)29)26-12-16(13-28)27-24(30)31-14-21-19-9-5-3-7-17(19)18-8-4-6-10-20(18)21/h3-10,15-16,21-22,26,28H,11-14H2,1-2H3,(H2,25,29)(H,27,30)/t16-,22+/m1/s1. The van der Waals surface area contributed by atoms with Gasteiger partial charge in [0.05, 0.1) is 18.7 Å². The molecule has 2 atom stereocenters. The van der Waals surface area contributed by atoms with Crippen molar-refractivity contribution >= 4 is 12.0 Å². The van der Waals surface area contributed by atoms with E-state index < -0.39 is 24.1 Å². The molecule has 0 radical (unpaired) electrons. The molecule has 1 aliphatic rings. The summed E-state index contributed by atoms with van der Waals surface area (Å²) >= 11 is 0. The molecule has 0 bridgehead atoms. The zero-order chi connectivity index (χ0) is 22.4. The molecule has 0 unspecified atom stereocenters. The van der Waals surface area contributed by atoms with Crippen LogP contribution in [0.25, 0.3) is 11.1 Å².